The second-order valence-electron chi connectivity index (χ2n) is 4.37. The van der Waals surface area contributed by atoms with Crippen LogP contribution in [-0.4, -0.2) is 9.97 Å². The molecule has 2 aromatic rings. The van der Waals surface area contributed by atoms with Crippen molar-refractivity contribution in [2.45, 2.75) is 27.3 Å². The number of anilines is 1. The predicted octanol–water partition coefficient (Wildman–Crippen LogP) is 3.78. The van der Waals surface area contributed by atoms with Crippen molar-refractivity contribution in [1.29, 1.82) is 0 Å². The molecule has 4 heteroatoms. The zero-order valence-electron chi connectivity index (χ0n) is 10.8. The summed E-state index contributed by atoms with van der Waals surface area (Å²) in [4.78, 5) is 8.75. The van der Waals surface area contributed by atoms with Gasteiger partial charge in [-0.05, 0) is 44.0 Å². The summed E-state index contributed by atoms with van der Waals surface area (Å²) in [6.07, 6.45) is 1.78. The van der Waals surface area contributed by atoms with E-state index < -0.39 is 0 Å². The molecule has 0 aliphatic heterocycles. The lowest BCUT2D eigenvalue weighted by molar-refractivity contribution is 1.01. The SMILES string of the molecule is Cc1cnc(C)c(NCc2ccc(Br)cc2C)n1. The number of aryl methyl sites for hydroxylation is 3. The van der Waals surface area contributed by atoms with Crippen LogP contribution < -0.4 is 5.32 Å². The minimum absolute atomic E-state index is 0.762. The maximum absolute atomic E-state index is 4.45. The van der Waals surface area contributed by atoms with E-state index >= 15 is 0 Å². The highest BCUT2D eigenvalue weighted by molar-refractivity contribution is 9.10. The molecule has 0 aliphatic carbocycles. The summed E-state index contributed by atoms with van der Waals surface area (Å²) in [7, 11) is 0. The first kappa shape index (κ1) is 13.0. The number of aromatic nitrogens is 2. The molecule has 0 unspecified atom stereocenters. The van der Waals surface area contributed by atoms with Gasteiger partial charge in [0, 0.05) is 17.2 Å². The maximum atomic E-state index is 4.45. The van der Waals surface area contributed by atoms with Gasteiger partial charge in [-0.15, -0.1) is 0 Å². The van der Waals surface area contributed by atoms with Gasteiger partial charge in [-0.3, -0.25) is 4.98 Å². The van der Waals surface area contributed by atoms with Crippen LogP contribution in [0.15, 0.2) is 28.9 Å². The predicted molar refractivity (Wildman–Crippen MR) is 77.7 cm³/mol. The molecule has 0 aliphatic rings. The van der Waals surface area contributed by atoms with Crippen molar-refractivity contribution in [1.82, 2.24) is 9.97 Å². The van der Waals surface area contributed by atoms with Crippen molar-refractivity contribution in [3.63, 3.8) is 0 Å². The van der Waals surface area contributed by atoms with Crippen LogP contribution in [0, 0.1) is 20.8 Å². The van der Waals surface area contributed by atoms with E-state index in [9.17, 15) is 0 Å². The molecular formula is C14H16BrN3. The Bertz CT molecular complexity index is 567. The summed E-state index contributed by atoms with van der Waals surface area (Å²) in [5, 5.41) is 3.34. The molecule has 0 radical (unpaired) electrons. The van der Waals surface area contributed by atoms with E-state index in [1.54, 1.807) is 6.20 Å². The van der Waals surface area contributed by atoms with E-state index in [1.807, 2.05) is 13.8 Å². The third-order valence-electron chi connectivity index (χ3n) is 2.83. The van der Waals surface area contributed by atoms with Crippen molar-refractivity contribution in [2.75, 3.05) is 5.32 Å². The Morgan fingerprint density at radius 3 is 2.72 bits per heavy atom. The highest BCUT2D eigenvalue weighted by Crippen LogP contribution is 2.17. The molecule has 94 valence electrons. The van der Waals surface area contributed by atoms with Crippen LogP contribution in [0.3, 0.4) is 0 Å². The lowest BCUT2D eigenvalue weighted by Crippen LogP contribution is -2.06. The average molecular weight is 306 g/mol. The molecule has 0 saturated heterocycles. The fourth-order valence-corrected chi connectivity index (χ4v) is 2.22. The number of benzene rings is 1. The Kier molecular flexibility index (Phi) is 3.97. The molecule has 3 nitrogen and oxygen atoms in total. The summed E-state index contributed by atoms with van der Waals surface area (Å²) < 4.78 is 1.11. The monoisotopic (exact) mass is 305 g/mol. The van der Waals surface area contributed by atoms with E-state index in [0.717, 1.165) is 28.2 Å². The third-order valence-corrected chi connectivity index (χ3v) is 3.32. The van der Waals surface area contributed by atoms with Gasteiger partial charge >= 0.3 is 0 Å². The zero-order chi connectivity index (χ0) is 13.1. The van der Waals surface area contributed by atoms with E-state index in [4.69, 9.17) is 0 Å². The van der Waals surface area contributed by atoms with Crippen LogP contribution in [0.25, 0.3) is 0 Å². The van der Waals surface area contributed by atoms with Crippen LogP contribution in [0.4, 0.5) is 5.82 Å². The molecule has 0 saturated carbocycles. The van der Waals surface area contributed by atoms with Crippen LogP contribution >= 0.6 is 15.9 Å². The quantitative estimate of drug-likeness (QED) is 0.938. The van der Waals surface area contributed by atoms with Crippen molar-refractivity contribution in [2.24, 2.45) is 0 Å². The van der Waals surface area contributed by atoms with Crippen molar-refractivity contribution in [3.8, 4) is 0 Å². The second kappa shape index (κ2) is 5.48. The molecule has 0 amide bonds. The lowest BCUT2D eigenvalue weighted by atomic mass is 10.1. The molecule has 1 aromatic carbocycles. The van der Waals surface area contributed by atoms with Gasteiger partial charge in [0.2, 0.25) is 0 Å². The van der Waals surface area contributed by atoms with Gasteiger partial charge in [-0.1, -0.05) is 22.0 Å². The first-order chi connectivity index (χ1) is 8.56. The Labute approximate surface area is 116 Å². The van der Waals surface area contributed by atoms with Gasteiger partial charge in [0.05, 0.1) is 11.4 Å². The fraction of sp³-hybridized carbons (Fsp3) is 0.286. The van der Waals surface area contributed by atoms with E-state index in [1.165, 1.54) is 11.1 Å². The lowest BCUT2D eigenvalue weighted by Gasteiger charge is -2.10. The maximum Gasteiger partial charge on any atom is 0.148 e. The highest BCUT2D eigenvalue weighted by atomic mass is 79.9. The van der Waals surface area contributed by atoms with Crippen LogP contribution in [0.5, 0.6) is 0 Å². The van der Waals surface area contributed by atoms with Gasteiger partial charge in [0.1, 0.15) is 5.82 Å². The van der Waals surface area contributed by atoms with Crippen LogP contribution in [0.1, 0.15) is 22.5 Å². The van der Waals surface area contributed by atoms with Gasteiger partial charge < -0.3 is 5.32 Å². The van der Waals surface area contributed by atoms with E-state index in [-0.39, 0.29) is 0 Å². The molecule has 1 heterocycles. The number of nitrogens with one attached hydrogen (secondary N) is 1. The normalized spacial score (nSPS) is 10.4. The van der Waals surface area contributed by atoms with E-state index in [2.05, 4.69) is 56.3 Å². The van der Waals surface area contributed by atoms with E-state index in [0.29, 0.717) is 0 Å². The average Bonchev–Trinajstić information content (AvgIpc) is 2.32. The summed E-state index contributed by atoms with van der Waals surface area (Å²) in [5.74, 6) is 0.859. The molecule has 0 fully saturated rings. The van der Waals surface area contributed by atoms with Crippen LogP contribution in [-0.2, 0) is 6.54 Å². The zero-order valence-corrected chi connectivity index (χ0v) is 12.4. The molecule has 0 atom stereocenters. The Morgan fingerprint density at radius 2 is 2.00 bits per heavy atom. The Hall–Kier alpha value is -1.42. The minimum Gasteiger partial charge on any atom is -0.364 e. The van der Waals surface area contributed by atoms with Gasteiger partial charge in [0.15, 0.2) is 0 Å². The highest BCUT2D eigenvalue weighted by Gasteiger charge is 2.03. The Morgan fingerprint density at radius 1 is 1.22 bits per heavy atom. The number of rotatable bonds is 3. The topological polar surface area (TPSA) is 37.8 Å². The molecule has 1 aromatic heterocycles. The first-order valence-electron chi connectivity index (χ1n) is 5.85. The molecule has 2 rings (SSSR count). The Balaban J connectivity index is 2.13. The standard InChI is InChI=1S/C14H16BrN3/c1-9-6-13(15)5-4-12(9)8-17-14-11(3)16-7-10(2)18-14/h4-7H,8H2,1-3H3,(H,17,18). The molecular weight excluding hydrogens is 290 g/mol. The summed E-state index contributed by atoms with van der Waals surface area (Å²) in [5.41, 5.74) is 4.38. The van der Waals surface area contributed by atoms with Crippen molar-refractivity contribution >= 4 is 21.7 Å². The minimum atomic E-state index is 0.762. The van der Waals surface area contributed by atoms with Crippen molar-refractivity contribution < 1.29 is 0 Å². The molecule has 18 heavy (non-hydrogen) atoms. The van der Waals surface area contributed by atoms with Gasteiger partial charge in [0.25, 0.3) is 0 Å². The van der Waals surface area contributed by atoms with Crippen molar-refractivity contribution in [3.05, 3.63) is 51.4 Å². The summed E-state index contributed by atoms with van der Waals surface area (Å²) >= 11 is 3.47. The third kappa shape index (κ3) is 3.07. The summed E-state index contributed by atoms with van der Waals surface area (Å²) in [6, 6.07) is 6.29. The molecule has 0 bridgehead atoms. The number of hydrogen-bond donors (Lipinski definition) is 1. The smallest absolute Gasteiger partial charge is 0.148 e. The summed E-state index contributed by atoms with van der Waals surface area (Å²) in [6.45, 7) is 6.78. The second-order valence-corrected chi connectivity index (χ2v) is 5.29. The number of nitrogens with zero attached hydrogens (tertiary/aromatic N) is 2. The number of halogens is 1. The van der Waals surface area contributed by atoms with Gasteiger partial charge in [-0.2, -0.15) is 0 Å². The van der Waals surface area contributed by atoms with Gasteiger partial charge in [-0.25, -0.2) is 4.98 Å². The molecule has 1 N–H and O–H groups in total. The largest absolute Gasteiger partial charge is 0.364 e. The fourth-order valence-electron chi connectivity index (χ4n) is 1.74. The first-order valence-corrected chi connectivity index (χ1v) is 6.64. The van der Waals surface area contributed by atoms with Crippen LogP contribution in [0.2, 0.25) is 0 Å². The number of hydrogen-bond acceptors (Lipinski definition) is 3. The molecule has 0 spiro atoms.